The monoisotopic (exact) mass is 219 g/mol. The van der Waals surface area contributed by atoms with Crippen molar-refractivity contribution < 1.29 is 0 Å². The molecule has 0 aliphatic heterocycles. The lowest BCUT2D eigenvalue weighted by Gasteiger charge is -2.01. The number of hydrogen-bond acceptors (Lipinski definition) is 3. The summed E-state index contributed by atoms with van der Waals surface area (Å²) in [5, 5.41) is 12.0. The summed E-state index contributed by atoms with van der Waals surface area (Å²) in [6.07, 6.45) is 3.97. The molecular weight excluding hydrogens is 202 g/mol. The lowest BCUT2D eigenvalue weighted by atomic mass is 10.3. The van der Waals surface area contributed by atoms with Gasteiger partial charge in [0.2, 0.25) is 0 Å². The van der Waals surface area contributed by atoms with E-state index in [-0.39, 0.29) is 0 Å². The molecule has 2 heterocycles. The predicted molar refractivity (Wildman–Crippen MR) is 63.2 cm³/mol. The second-order valence-corrected chi connectivity index (χ2v) is 3.82. The van der Waals surface area contributed by atoms with Crippen molar-refractivity contribution in [2.45, 2.75) is 26.9 Å². The van der Waals surface area contributed by atoms with Gasteiger partial charge in [0.25, 0.3) is 0 Å². The number of nitrogens with one attached hydrogen (secondary N) is 1. The standard InChI is InChI=1S/C11H17N5/c1-4-16-6-5-10(14-16)7-12-11-8-15(3)13-9(11)2/h5-6,8,12H,4,7H2,1-3H3. The Morgan fingerprint density at radius 3 is 2.75 bits per heavy atom. The van der Waals surface area contributed by atoms with Gasteiger partial charge in [-0.25, -0.2) is 0 Å². The van der Waals surface area contributed by atoms with Crippen molar-refractivity contribution >= 4 is 5.69 Å². The molecule has 0 saturated carbocycles. The van der Waals surface area contributed by atoms with Crippen LogP contribution in [0.3, 0.4) is 0 Å². The van der Waals surface area contributed by atoms with E-state index in [1.54, 1.807) is 0 Å². The number of aromatic nitrogens is 4. The normalized spacial score (nSPS) is 10.7. The zero-order chi connectivity index (χ0) is 11.5. The molecular formula is C11H17N5. The van der Waals surface area contributed by atoms with E-state index in [4.69, 9.17) is 0 Å². The topological polar surface area (TPSA) is 47.7 Å². The summed E-state index contributed by atoms with van der Waals surface area (Å²) in [6, 6.07) is 2.03. The summed E-state index contributed by atoms with van der Waals surface area (Å²) in [4.78, 5) is 0. The molecule has 16 heavy (non-hydrogen) atoms. The van der Waals surface area contributed by atoms with Crippen LogP contribution in [0, 0.1) is 6.92 Å². The van der Waals surface area contributed by atoms with Crippen LogP contribution in [0.1, 0.15) is 18.3 Å². The molecule has 0 atom stereocenters. The summed E-state index contributed by atoms with van der Waals surface area (Å²) >= 11 is 0. The molecule has 0 aliphatic rings. The Hall–Kier alpha value is -1.78. The van der Waals surface area contributed by atoms with Gasteiger partial charge < -0.3 is 5.32 Å². The average Bonchev–Trinajstić information content (AvgIpc) is 2.82. The van der Waals surface area contributed by atoms with Crippen molar-refractivity contribution in [3.8, 4) is 0 Å². The largest absolute Gasteiger partial charge is 0.377 e. The fourth-order valence-corrected chi connectivity index (χ4v) is 1.63. The van der Waals surface area contributed by atoms with E-state index in [9.17, 15) is 0 Å². The van der Waals surface area contributed by atoms with E-state index in [0.29, 0.717) is 0 Å². The van der Waals surface area contributed by atoms with Gasteiger partial charge >= 0.3 is 0 Å². The molecule has 0 aromatic carbocycles. The third-order valence-electron chi connectivity index (χ3n) is 2.49. The molecule has 0 radical (unpaired) electrons. The molecule has 0 unspecified atom stereocenters. The number of hydrogen-bond donors (Lipinski definition) is 1. The summed E-state index contributed by atoms with van der Waals surface area (Å²) in [5.41, 5.74) is 3.12. The van der Waals surface area contributed by atoms with Crippen LogP contribution in [-0.2, 0) is 20.1 Å². The minimum Gasteiger partial charge on any atom is -0.377 e. The minimum absolute atomic E-state index is 0.736. The van der Waals surface area contributed by atoms with E-state index in [1.165, 1.54) is 0 Å². The van der Waals surface area contributed by atoms with Gasteiger partial charge in [0, 0.05) is 26.0 Å². The van der Waals surface area contributed by atoms with E-state index in [0.717, 1.165) is 30.2 Å². The zero-order valence-electron chi connectivity index (χ0n) is 9.94. The maximum absolute atomic E-state index is 4.41. The highest BCUT2D eigenvalue weighted by Crippen LogP contribution is 2.12. The van der Waals surface area contributed by atoms with Gasteiger partial charge in [0.1, 0.15) is 0 Å². The average molecular weight is 219 g/mol. The fraction of sp³-hybridized carbons (Fsp3) is 0.455. The summed E-state index contributed by atoms with van der Waals surface area (Å²) in [5.74, 6) is 0. The molecule has 86 valence electrons. The third kappa shape index (κ3) is 2.24. The van der Waals surface area contributed by atoms with Crippen LogP contribution < -0.4 is 5.32 Å². The van der Waals surface area contributed by atoms with Crippen LogP contribution in [-0.4, -0.2) is 19.6 Å². The van der Waals surface area contributed by atoms with Gasteiger partial charge in [-0.15, -0.1) is 0 Å². The van der Waals surface area contributed by atoms with Gasteiger partial charge in [-0.1, -0.05) is 0 Å². The summed E-state index contributed by atoms with van der Waals surface area (Å²) < 4.78 is 3.73. The van der Waals surface area contributed by atoms with Crippen molar-refractivity contribution in [3.63, 3.8) is 0 Å². The van der Waals surface area contributed by atoms with Crippen molar-refractivity contribution in [3.05, 3.63) is 29.8 Å². The maximum Gasteiger partial charge on any atom is 0.0825 e. The summed E-state index contributed by atoms with van der Waals surface area (Å²) in [6.45, 7) is 5.72. The number of nitrogens with zero attached hydrogens (tertiary/aromatic N) is 4. The van der Waals surface area contributed by atoms with E-state index in [2.05, 4.69) is 22.4 Å². The molecule has 0 saturated heterocycles. The molecule has 1 N–H and O–H groups in total. The molecule has 0 fully saturated rings. The maximum atomic E-state index is 4.41. The molecule has 2 aromatic rings. The molecule has 0 bridgehead atoms. The van der Waals surface area contributed by atoms with Crippen LogP contribution in [0.2, 0.25) is 0 Å². The highest BCUT2D eigenvalue weighted by atomic mass is 15.3. The van der Waals surface area contributed by atoms with E-state index >= 15 is 0 Å². The third-order valence-corrected chi connectivity index (χ3v) is 2.49. The van der Waals surface area contributed by atoms with Crippen LogP contribution in [0.25, 0.3) is 0 Å². The summed E-state index contributed by atoms with van der Waals surface area (Å²) in [7, 11) is 1.92. The van der Waals surface area contributed by atoms with Crippen LogP contribution in [0.5, 0.6) is 0 Å². The molecule has 5 nitrogen and oxygen atoms in total. The predicted octanol–water partition coefficient (Wildman–Crippen LogP) is 1.56. The first-order valence-corrected chi connectivity index (χ1v) is 5.45. The molecule has 0 amide bonds. The van der Waals surface area contributed by atoms with Crippen molar-refractivity contribution in [1.82, 2.24) is 19.6 Å². The zero-order valence-corrected chi connectivity index (χ0v) is 9.94. The van der Waals surface area contributed by atoms with Crippen molar-refractivity contribution in [1.29, 1.82) is 0 Å². The Balaban J connectivity index is 1.99. The van der Waals surface area contributed by atoms with Crippen LogP contribution >= 0.6 is 0 Å². The van der Waals surface area contributed by atoms with Crippen LogP contribution in [0.15, 0.2) is 18.5 Å². The molecule has 2 rings (SSSR count). The van der Waals surface area contributed by atoms with E-state index in [1.807, 2.05) is 41.8 Å². The quantitative estimate of drug-likeness (QED) is 0.848. The van der Waals surface area contributed by atoms with Gasteiger partial charge in [0.05, 0.1) is 23.6 Å². The number of anilines is 1. The number of rotatable bonds is 4. The second kappa shape index (κ2) is 4.38. The lowest BCUT2D eigenvalue weighted by Crippen LogP contribution is -2.02. The SMILES string of the molecule is CCn1ccc(CNc2cn(C)nc2C)n1. The minimum atomic E-state index is 0.736. The van der Waals surface area contributed by atoms with Gasteiger partial charge in [-0.3, -0.25) is 9.36 Å². The lowest BCUT2D eigenvalue weighted by molar-refractivity contribution is 0.649. The Labute approximate surface area is 95.1 Å². The van der Waals surface area contributed by atoms with Gasteiger partial charge in [-0.05, 0) is 19.9 Å². The fourth-order valence-electron chi connectivity index (χ4n) is 1.63. The molecule has 5 heteroatoms. The Morgan fingerprint density at radius 2 is 2.19 bits per heavy atom. The molecule has 0 spiro atoms. The van der Waals surface area contributed by atoms with E-state index < -0.39 is 0 Å². The Morgan fingerprint density at radius 1 is 1.38 bits per heavy atom. The number of aryl methyl sites for hydroxylation is 3. The highest BCUT2D eigenvalue weighted by Gasteiger charge is 2.03. The van der Waals surface area contributed by atoms with Crippen molar-refractivity contribution in [2.75, 3.05) is 5.32 Å². The van der Waals surface area contributed by atoms with Crippen molar-refractivity contribution in [2.24, 2.45) is 7.05 Å². The Bertz CT molecular complexity index is 468. The van der Waals surface area contributed by atoms with Gasteiger partial charge in [-0.2, -0.15) is 10.2 Å². The highest BCUT2D eigenvalue weighted by molar-refractivity contribution is 5.45. The first-order valence-electron chi connectivity index (χ1n) is 5.45. The molecule has 0 aliphatic carbocycles. The van der Waals surface area contributed by atoms with Crippen LogP contribution in [0.4, 0.5) is 5.69 Å². The Kier molecular flexibility index (Phi) is 2.94. The van der Waals surface area contributed by atoms with Gasteiger partial charge in [0.15, 0.2) is 0 Å². The molecule has 2 aromatic heterocycles. The second-order valence-electron chi connectivity index (χ2n) is 3.82. The smallest absolute Gasteiger partial charge is 0.0825 e. The first kappa shape index (κ1) is 10.7. The first-order chi connectivity index (χ1) is 7.69.